The van der Waals surface area contributed by atoms with Crippen molar-refractivity contribution in [2.75, 3.05) is 18.8 Å². The summed E-state index contributed by atoms with van der Waals surface area (Å²) in [6.45, 7) is 2.30. The Morgan fingerprint density at radius 2 is 1.79 bits per heavy atom. The van der Waals surface area contributed by atoms with Crippen LogP contribution in [0, 0.1) is 11.8 Å². The van der Waals surface area contributed by atoms with Crippen molar-refractivity contribution in [2.45, 2.75) is 24.7 Å². The Morgan fingerprint density at radius 1 is 1.17 bits per heavy atom. The van der Waals surface area contributed by atoms with Gasteiger partial charge in [-0.25, -0.2) is 8.42 Å². The number of carbonyl (C=O) groups excluding carboxylic acids is 2. The first-order valence-electron chi connectivity index (χ1n) is 7.82. The number of hydrogen-bond donors (Lipinski definition) is 2. The third-order valence-electron chi connectivity index (χ3n) is 3.96. The molecular formula is C16H21ClN2O4S. The first-order chi connectivity index (χ1) is 11.3. The summed E-state index contributed by atoms with van der Waals surface area (Å²) in [4.78, 5) is 23.4. The highest BCUT2D eigenvalue weighted by Gasteiger charge is 2.38. The zero-order valence-electron chi connectivity index (χ0n) is 13.4. The van der Waals surface area contributed by atoms with Crippen LogP contribution in [0.3, 0.4) is 0 Å². The van der Waals surface area contributed by atoms with Gasteiger partial charge in [-0.3, -0.25) is 9.59 Å². The molecule has 0 bridgehead atoms. The molecule has 0 saturated heterocycles. The van der Waals surface area contributed by atoms with E-state index in [0.29, 0.717) is 10.9 Å². The van der Waals surface area contributed by atoms with Crippen LogP contribution in [0.5, 0.6) is 0 Å². The lowest BCUT2D eigenvalue weighted by molar-refractivity contribution is -0.123. The number of nitrogens with one attached hydrogen (secondary N) is 2. The maximum absolute atomic E-state index is 12.1. The number of benzene rings is 1. The van der Waals surface area contributed by atoms with E-state index in [4.69, 9.17) is 11.6 Å². The Bertz CT molecular complexity index is 703. The number of carbonyl (C=O) groups is 2. The zero-order chi connectivity index (χ0) is 17.7. The van der Waals surface area contributed by atoms with Gasteiger partial charge in [-0.1, -0.05) is 18.5 Å². The van der Waals surface area contributed by atoms with E-state index in [9.17, 15) is 18.0 Å². The van der Waals surface area contributed by atoms with Gasteiger partial charge in [0.25, 0.3) is 0 Å². The van der Waals surface area contributed by atoms with Gasteiger partial charge in [-0.2, -0.15) is 0 Å². The van der Waals surface area contributed by atoms with E-state index in [1.54, 1.807) is 0 Å². The second-order valence-electron chi connectivity index (χ2n) is 5.98. The largest absolute Gasteiger partial charge is 0.355 e. The predicted molar refractivity (Wildman–Crippen MR) is 91.4 cm³/mol. The summed E-state index contributed by atoms with van der Waals surface area (Å²) in [7, 11) is -3.46. The molecule has 1 aliphatic carbocycles. The van der Waals surface area contributed by atoms with Crippen molar-refractivity contribution in [2.24, 2.45) is 11.8 Å². The van der Waals surface area contributed by atoms with Crippen LogP contribution in [0.15, 0.2) is 29.2 Å². The molecule has 1 aromatic carbocycles. The Balaban J connectivity index is 1.66. The molecule has 6 nitrogen and oxygen atoms in total. The van der Waals surface area contributed by atoms with Crippen LogP contribution < -0.4 is 10.6 Å². The average Bonchev–Trinajstić information content (AvgIpc) is 3.24. The lowest BCUT2D eigenvalue weighted by Crippen LogP contribution is -2.33. The van der Waals surface area contributed by atoms with Gasteiger partial charge in [0.05, 0.1) is 10.6 Å². The van der Waals surface area contributed by atoms with Crippen molar-refractivity contribution < 1.29 is 18.0 Å². The van der Waals surface area contributed by atoms with E-state index in [-0.39, 0.29) is 47.9 Å². The van der Waals surface area contributed by atoms with Crippen molar-refractivity contribution in [3.05, 3.63) is 29.3 Å². The number of halogens is 1. The van der Waals surface area contributed by atoms with Gasteiger partial charge in [0.15, 0.2) is 9.84 Å². The molecule has 132 valence electrons. The molecule has 0 unspecified atom stereocenters. The molecule has 8 heteroatoms. The topological polar surface area (TPSA) is 92.3 Å². The van der Waals surface area contributed by atoms with Crippen molar-refractivity contribution >= 4 is 33.3 Å². The molecule has 1 saturated carbocycles. The second-order valence-corrected chi connectivity index (χ2v) is 8.53. The van der Waals surface area contributed by atoms with Crippen LogP contribution in [0.25, 0.3) is 0 Å². The summed E-state index contributed by atoms with van der Waals surface area (Å²) >= 11 is 5.73. The van der Waals surface area contributed by atoms with Crippen molar-refractivity contribution in [3.63, 3.8) is 0 Å². The SMILES string of the molecule is C[C@H]1C[C@H]1C(=O)NCCC(=O)NCCS(=O)(=O)c1ccc(Cl)cc1. The first-order valence-corrected chi connectivity index (χ1v) is 9.85. The molecule has 1 fully saturated rings. The second kappa shape index (κ2) is 7.98. The van der Waals surface area contributed by atoms with Crippen LogP contribution in [-0.2, 0) is 19.4 Å². The highest BCUT2D eigenvalue weighted by Crippen LogP contribution is 2.37. The van der Waals surface area contributed by atoms with E-state index in [2.05, 4.69) is 10.6 Å². The van der Waals surface area contributed by atoms with Gasteiger partial charge in [-0.05, 0) is 36.6 Å². The molecule has 2 rings (SSSR count). The minimum Gasteiger partial charge on any atom is -0.355 e. The van der Waals surface area contributed by atoms with E-state index < -0.39 is 9.84 Å². The molecule has 1 aliphatic rings. The normalized spacial score (nSPS) is 19.6. The minimum atomic E-state index is -3.46. The number of amides is 2. The van der Waals surface area contributed by atoms with Crippen LogP contribution >= 0.6 is 11.6 Å². The fraction of sp³-hybridized carbons (Fsp3) is 0.500. The Kier molecular flexibility index (Phi) is 6.23. The fourth-order valence-corrected chi connectivity index (χ4v) is 3.57. The third-order valence-corrected chi connectivity index (χ3v) is 5.95. The predicted octanol–water partition coefficient (Wildman–Crippen LogP) is 1.39. The fourth-order valence-electron chi connectivity index (χ4n) is 2.29. The van der Waals surface area contributed by atoms with Crippen LogP contribution in [0.4, 0.5) is 0 Å². The number of hydrogen-bond acceptors (Lipinski definition) is 4. The van der Waals surface area contributed by atoms with Crippen LogP contribution in [0.1, 0.15) is 19.8 Å². The Morgan fingerprint density at radius 3 is 2.38 bits per heavy atom. The van der Waals surface area contributed by atoms with Gasteiger partial charge in [0.1, 0.15) is 0 Å². The number of sulfone groups is 1. The first kappa shape index (κ1) is 18.7. The standard InChI is InChI=1S/C16H21ClN2O4S/c1-11-10-14(11)16(21)19-7-6-15(20)18-8-9-24(22,23)13-4-2-12(17)3-5-13/h2-5,11,14H,6-10H2,1H3,(H,18,20)(H,19,21)/t11-,14+/m0/s1. The highest BCUT2D eigenvalue weighted by atomic mass is 35.5. The molecule has 1 aromatic rings. The zero-order valence-corrected chi connectivity index (χ0v) is 15.0. The molecule has 0 radical (unpaired) electrons. The molecule has 0 spiro atoms. The monoisotopic (exact) mass is 372 g/mol. The molecule has 2 N–H and O–H groups in total. The molecule has 2 amide bonds. The highest BCUT2D eigenvalue weighted by molar-refractivity contribution is 7.91. The van der Waals surface area contributed by atoms with E-state index >= 15 is 0 Å². The van der Waals surface area contributed by atoms with Crippen molar-refractivity contribution in [1.29, 1.82) is 0 Å². The molecule has 2 atom stereocenters. The maximum Gasteiger partial charge on any atom is 0.223 e. The van der Waals surface area contributed by atoms with E-state index in [0.717, 1.165) is 6.42 Å². The summed E-state index contributed by atoms with van der Waals surface area (Å²) in [5, 5.41) is 5.73. The van der Waals surface area contributed by atoms with E-state index in [1.165, 1.54) is 24.3 Å². The van der Waals surface area contributed by atoms with Crippen LogP contribution in [0.2, 0.25) is 5.02 Å². The summed E-state index contributed by atoms with van der Waals surface area (Å²) in [5.74, 6) is 0.0207. The Labute approximate surface area is 146 Å². The molecular weight excluding hydrogens is 352 g/mol. The third kappa shape index (κ3) is 5.49. The summed E-state index contributed by atoms with van der Waals surface area (Å²) < 4.78 is 24.2. The molecule has 0 aromatic heterocycles. The average molecular weight is 373 g/mol. The Hall–Kier alpha value is -1.60. The quantitative estimate of drug-likeness (QED) is 0.721. The van der Waals surface area contributed by atoms with Gasteiger partial charge < -0.3 is 10.6 Å². The van der Waals surface area contributed by atoms with Gasteiger partial charge in [-0.15, -0.1) is 0 Å². The van der Waals surface area contributed by atoms with Crippen molar-refractivity contribution in [3.8, 4) is 0 Å². The van der Waals surface area contributed by atoms with Gasteiger partial charge in [0.2, 0.25) is 11.8 Å². The van der Waals surface area contributed by atoms with Gasteiger partial charge >= 0.3 is 0 Å². The van der Waals surface area contributed by atoms with Crippen molar-refractivity contribution in [1.82, 2.24) is 10.6 Å². The number of rotatable bonds is 8. The smallest absolute Gasteiger partial charge is 0.223 e. The van der Waals surface area contributed by atoms with Crippen LogP contribution in [-0.4, -0.2) is 39.1 Å². The lowest BCUT2D eigenvalue weighted by atomic mass is 10.3. The molecule has 0 heterocycles. The van der Waals surface area contributed by atoms with Gasteiger partial charge in [0, 0.05) is 30.5 Å². The lowest BCUT2D eigenvalue weighted by Gasteiger charge is -2.08. The summed E-state index contributed by atoms with van der Waals surface area (Å²) in [6, 6.07) is 5.90. The summed E-state index contributed by atoms with van der Waals surface area (Å²) in [5.41, 5.74) is 0. The summed E-state index contributed by atoms with van der Waals surface area (Å²) in [6.07, 6.45) is 1.04. The van der Waals surface area contributed by atoms with E-state index in [1.807, 2.05) is 6.92 Å². The maximum atomic E-state index is 12.1. The molecule has 24 heavy (non-hydrogen) atoms. The molecule has 0 aliphatic heterocycles. The minimum absolute atomic E-state index is 0.0133.